The zero-order valence-electron chi connectivity index (χ0n) is 8.92. The summed E-state index contributed by atoms with van der Waals surface area (Å²) in [5.41, 5.74) is -0.132. The smallest absolute Gasteiger partial charge is 0.355 e. The van der Waals surface area contributed by atoms with Gasteiger partial charge in [0.2, 0.25) is 0 Å². The van der Waals surface area contributed by atoms with Crippen LogP contribution in [-0.4, -0.2) is 38.6 Å². The van der Waals surface area contributed by atoms with Crippen molar-refractivity contribution in [3.8, 4) is 0 Å². The number of carbonyl (C=O) groups is 2. The zero-order valence-corrected chi connectivity index (χ0v) is 8.92. The van der Waals surface area contributed by atoms with Gasteiger partial charge >= 0.3 is 11.9 Å². The summed E-state index contributed by atoms with van der Waals surface area (Å²) < 4.78 is 5.87. The van der Waals surface area contributed by atoms with E-state index in [0.29, 0.717) is 6.61 Å². The normalized spacial score (nSPS) is 10.1. The predicted octanol–water partition coefficient (Wildman–Crippen LogP) is 0.320. The molecule has 0 spiro atoms. The fourth-order valence-electron chi connectivity index (χ4n) is 1.04. The fourth-order valence-corrected chi connectivity index (χ4v) is 1.04. The minimum atomic E-state index is -1.17. The third-order valence-corrected chi connectivity index (χ3v) is 1.88. The lowest BCUT2D eigenvalue weighted by Gasteiger charge is -2.04. The van der Waals surface area contributed by atoms with Gasteiger partial charge in [-0.05, 0) is 6.42 Å². The highest BCUT2D eigenvalue weighted by Gasteiger charge is 2.14. The highest BCUT2D eigenvalue weighted by molar-refractivity contribution is 5.85. The van der Waals surface area contributed by atoms with Gasteiger partial charge in [-0.25, -0.2) is 9.48 Å². The average molecular weight is 227 g/mol. The van der Waals surface area contributed by atoms with Crippen LogP contribution in [0.2, 0.25) is 0 Å². The van der Waals surface area contributed by atoms with Crippen molar-refractivity contribution in [1.29, 1.82) is 0 Å². The molecule has 1 aromatic rings. The van der Waals surface area contributed by atoms with Crippen LogP contribution >= 0.6 is 0 Å². The number of esters is 1. The summed E-state index contributed by atoms with van der Waals surface area (Å²) in [5.74, 6) is -1.69. The number of aromatic nitrogens is 3. The van der Waals surface area contributed by atoms with Crippen molar-refractivity contribution in [1.82, 2.24) is 15.0 Å². The number of aromatic carboxylic acids is 1. The van der Waals surface area contributed by atoms with Gasteiger partial charge in [-0.3, -0.25) is 4.79 Å². The van der Waals surface area contributed by atoms with Crippen LogP contribution < -0.4 is 0 Å². The van der Waals surface area contributed by atoms with E-state index in [4.69, 9.17) is 9.84 Å². The molecule has 0 bridgehead atoms. The molecule has 0 aliphatic carbocycles. The van der Waals surface area contributed by atoms with Crippen molar-refractivity contribution in [3.63, 3.8) is 0 Å². The number of hydrogen-bond donors (Lipinski definition) is 1. The Bertz CT molecular complexity index is 375. The quantitative estimate of drug-likeness (QED) is 0.555. The molecule has 0 unspecified atom stereocenters. The minimum Gasteiger partial charge on any atom is -0.476 e. The van der Waals surface area contributed by atoms with E-state index in [9.17, 15) is 9.59 Å². The Balaban J connectivity index is 2.49. The second-order valence-corrected chi connectivity index (χ2v) is 3.16. The van der Waals surface area contributed by atoms with Crippen LogP contribution in [0.25, 0.3) is 0 Å². The van der Waals surface area contributed by atoms with Gasteiger partial charge in [0.1, 0.15) is 6.54 Å². The molecule has 16 heavy (non-hydrogen) atoms. The molecular formula is C9H13N3O4. The monoisotopic (exact) mass is 227 g/mol. The van der Waals surface area contributed by atoms with Crippen LogP contribution in [0.4, 0.5) is 0 Å². The van der Waals surface area contributed by atoms with E-state index in [1.807, 2.05) is 6.92 Å². The molecule has 1 heterocycles. The van der Waals surface area contributed by atoms with Gasteiger partial charge in [-0.2, -0.15) is 0 Å². The van der Waals surface area contributed by atoms with Gasteiger partial charge in [0, 0.05) is 0 Å². The molecule has 1 aromatic heterocycles. The second-order valence-electron chi connectivity index (χ2n) is 3.16. The first kappa shape index (κ1) is 12.2. The maximum atomic E-state index is 11.3. The standard InChI is InChI=1S/C9H13N3O4/c1-2-3-4-16-8(13)6-12-7(9(14)15)5-10-11-12/h5H,2-4,6H2,1H3,(H,14,15). The van der Waals surface area contributed by atoms with E-state index in [0.717, 1.165) is 23.7 Å². The van der Waals surface area contributed by atoms with E-state index in [2.05, 4.69) is 10.3 Å². The SMILES string of the molecule is CCCCOC(=O)Cn1nncc1C(=O)O. The molecule has 0 amide bonds. The van der Waals surface area contributed by atoms with Crippen LogP contribution in [0.5, 0.6) is 0 Å². The van der Waals surface area contributed by atoms with Crippen LogP contribution in [0.1, 0.15) is 30.3 Å². The highest BCUT2D eigenvalue weighted by atomic mass is 16.5. The Morgan fingerprint density at radius 1 is 1.56 bits per heavy atom. The molecule has 0 saturated carbocycles. The molecule has 1 rings (SSSR count). The van der Waals surface area contributed by atoms with Crippen molar-refractivity contribution in [2.45, 2.75) is 26.3 Å². The molecule has 7 nitrogen and oxygen atoms in total. The summed E-state index contributed by atoms with van der Waals surface area (Å²) in [4.78, 5) is 21.9. The number of carboxylic acid groups (broad SMARTS) is 1. The van der Waals surface area contributed by atoms with Crippen LogP contribution in [-0.2, 0) is 16.1 Å². The van der Waals surface area contributed by atoms with E-state index in [1.54, 1.807) is 0 Å². The van der Waals surface area contributed by atoms with Gasteiger partial charge in [0.15, 0.2) is 5.69 Å². The summed E-state index contributed by atoms with van der Waals surface area (Å²) in [6.07, 6.45) is 2.80. The first-order chi connectivity index (χ1) is 7.65. The molecule has 0 fully saturated rings. The molecule has 0 aliphatic heterocycles. The highest BCUT2D eigenvalue weighted by Crippen LogP contribution is 1.97. The fraction of sp³-hybridized carbons (Fsp3) is 0.556. The number of nitrogens with zero attached hydrogens (tertiary/aromatic N) is 3. The van der Waals surface area contributed by atoms with Crippen molar-refractivity contribution in [3.05, 3.63) is 11.9 Å². The third-order valence-electron chi connectivity index (χ3n) is 1.88. The van der Waals surface area contributed by atoms with Crippen molar-refractivity contribution in [2.24, 2.45) is 0 Å². The largest absolute Gasteiger partial charge is 0.476 e. The number of unbranched alkanes of at least 4 members (excludes halogenated alkanes) is 1. The average Bonchev–Trinajstić information content (AvgIpc) is 2.66. The van der Waals surface area contributed by atoms with Gasteiger partial charge in [-0.1, -0.05) is 18.6 Å². The minimum absolute atomic E-state index is 0.132. The second kappa shape index (κ2) is 5.84. The summed E-state index contributed by atoms with van der Waals surface area (Å²) in [6.45, 7) is 2.09. The van der Waals surface area contributed by atoms with Crippen LogP contribution in [0.3, 0.4) is 0 Å². The van der Waals surface area contributed by atoms with E-state index in [-0.39, 0.29) is 12.2 Å². The molecule has 0 atom stereocenters. The first-order valence-corrected chi connectivity index (χ1v) is 4.92. The first-order valence-electron chi connectivity index (χ1n) is 4.92. The van der Waals surface area contributed by atoms with Gasteiger partial charge in [0.25, 0.3) is 0 Å². The molecule has 0 saturated heterocycles. The Morgan fingerprint density at radius 2 is 2.31 bits per heavy atom. The third kappa shape index (κ3) is 3.34. The van der Waals surface area contributed by atoms with E-state index >= 15 is 0 Å². The number of carboxylic acids is 1. The molecule has 88 valence electrons. The van der Waals surface area contributed by atoms with Gasteiger partial charge in [0.05, 0.1) is 12.8 Å². The molecule has 0 aliphatic rings. The molecule has 7 heteroatoms. The van der Waals surface area contributed by atoms with Crippen LogP contribution in [0.15, 0.2) is 6.20 Å². The number of rotatable bonds is 6. The lowest BCUT2D eigenvalue weighted by molar-refractivity contribution is -0.144. The van der Waals surface area contributed by atoms with E-state index < -0.39 is 11.9 Å². The zero-order chi connectivity index (χ0) is 12.0. The number of hydrogen-bond acceptors (Lipinski definition) is 5. The number of ether oxygens (including phenoxy) is 1. The molecule has 0 radical (unpaired) electrons. The summed E-state index contributed by atoms with van der Waals surface area (Å²) in [7, 11) is 0. The Morgan fingerprint density at radius 3 is 2.94 bits per heavy atom. The molecule has 0 aromatic carbocycles. The Labute approximate surface area is 92.0 Å². The number of carbonyl (C=O) groups excluding carboxylic acids is 1. The maximum Gasteiger partial charge on any atom is 0.355 e. The molecular weight excluding hydrogens is 214 g/mol. The lowest BCUT2D eigenvalue weighted by Crippen LogP contribution is -2.19. The van der Waals surface area contributed by atoms with Crippen molar-refractivity contribution < 1.29 is 19.4 Å². The summed E-state index contributed by atoms with van der Waals surface area (Å²) in [6, 6.07) is 0. The Kier molecular flexibility index (Phi) is 4.43. The lowest BCUT2D eigenvalue weighted by atomic mass is 10.4. The summed E-state index contributed by atoms with van der Waals surface area (Å²) >= 11 is 0. The van der Waals surface area contributed by atoms with Crippen molar-refractivity contribution >= 4 is 11.9 Å². The Hall–Kier alpha value is -1.92. The molecule has 1 N–H and O–H groups in total. The van der Waals surface area contributed by atoms with Crippen LogP contribution in [0, 0.1) is 0 Å². The topological polar surface area (TPSA) is 94.3 Å². The van der Waals surface area contributed by atoms with Gasteiger partial charge in [-0.15, -0.1) is 5.10 Å². The van der Waals surface area contributed by atoms with Gasteiger partial charge < -0.3 is 9.84 Å². The predicted molar refractivity (Wildman–Crippen MR) is 52.8 cm³/mol. The van der Waals surface area contributed by atoms with E-state index in [1.165, 1.54) is 0 Å². The summed E-state index contributed by atoms with van der Waals surface area (Å²) in [5, 5.41) is 15.6. The maximum absolute atomic E-state index is 11.3. The van der Waals surface area contributed by atoms with Crippen molar-refractivity contribution in [2.75, 3.05) is 6.61 Å².